The van der Waals surface area contributed by atoms with E-state index in [-0.39, 0.29) is 11.8 Å². The first-order valence-electron chi connectivity index (χ1n) is 11.5. The highest BCUT2D eigenvalue weighted by molar-refractivity contribution is 6.04. The van der Waals surface area contributed by atoms with Gasteiger partial charge in [0.05, 0.1) is 7.11 Å². The van der Waals surface area contributed by atoms with Gasteiger partial charge in [0.1, 0.15) is 17.3 Å². The summed E-state index contributed by atoms with van der Waals surface area (Å²) in [7, 11) is 1.59. The molecule has 0 atom stereocenters. The molecule has 0 fully saturated rings. The summed E-state index contributed by atoms with van der Waals surface area (Å²) in [6, 6.07) is 24.3. The molecule has 35 heavy (non-hydrogen) atoms. The van der Waals surface area contributed by atoms with Gasteiger partial charge in [-0.2, -0.15) is 0 Å². The Morgan fingerprint density at radius 1 is 0.943 bits per heavy atom. The van der Waals surface area contributed by atoms with Crippen molar-refractivity contribution in [2.75, 3.05) is 19.0 Å². The van der Waals surface area contributed by atoms with Crippen LogP contribution in [0.25, 0.3) is 11.3 Å². The van der Waals surface area contributed by atoms with E-state index >= 15 is 0 Å². The third-order valence-corrected chi connectivity index (χ3v) is 6.21. The minimum Gasteiger partial charge on any atom is -0.497 e. The highest BCUT2D eigenvalue weighted by atomic mass is 16.5. The predicted molar refractivity (Wildman–Crippen MR) is 135 cm³/mol. The largest absolute Gasteiger partial charge is 0.497 e. The third kappa shape index (κ3) is 4.82. The first-order chi connectivity index (χ1) is 17.0. The number of nitrogens with one attached hydrogen (secondary N) is 1. The molecule has 1 aliphatic heterocycles. The quantitative estimate of drug-likeness (QED) is 0.409. The van der Waals surface area contributed by atoms with Gasteiger partial charge in [-0.1, -0.05) is 23.8 Å². The zero-order chi connectivity index (χ0) is 24.4. The first kappa shape index (κ1) is 22.5. The number of furan rings is 1. The molecule has 1 N–H and O–H groups in total. The van der Waals surface area contributed by atoms with Gasteiger partial charge < -0.3 is 19.4 Å². The second-order valence-corrected chi connectivity index (χ2v) is 8.67. The van der Waals surface area contributed by atoms with Gasteiger partial charge in [0, 0.05) is 47.5 Å². The van der Waals surface area contributed by atoms with Crippen molar-refractivity contribution in [2.45, 2.75) is 19.9 Å². The molecular weight excluding hydrogens is 440 g/mol. The van der Waals surface area contributed by atoms with Gasteiger partial charge in [0.15, 0.2) is 0 Å². The first-order valence-corrected chi connectivity index (χ1v) is 11.5. The molecule has 0 bridgehead atoms. The van der Waals surface area contributed by atoms with Crippen LogP contribution in [-0.2, 0) is 13.0 Å². The maximum absolute atomic E-state index is 13.0. The summed E-state index contributed by atoms with van der Waals surface area (Å²) in [5.74, 6) is 2.16. The van der Waals surface area contributed by atoms with E-state index in [1.54, 1.807) is 19.2 Å². The minimum absolute atomic E-state index is 0.0222. The Bertz CT molecular complexity index is 1370. The van der Waals surface area contributed by atoms with Crippen LogP contribution in [0.5, 0.6) is 5.75 Å². The zero-order valence-electron chi connectivity index (χ0n) is 19.7. The summed E-state index contributed by atoms with van der Waals surface area (Å²) in [4.78, 5) is 27.3. The number of nitrogens with zero attached hydrogens (tertiary/aromatic N) is 1. The maximum atomic E-state index is 13.0. The molecule has 3 aromatic carbocycles. The average molecular weight is 467 g/mol. The molecule has 0 unspecified atom stereocenters. The van der Waals surface area contributed by atoms with Crippen LogP contribution in [0.3, 0.4) is 0 Å². The van der Waals surface area contributed by atoms with E-state index in [4.69, 9.17) is 9.15 Å². The van der Waals surface area contributed by atoms with Crippen LogP contribution < -0.4 is 10.1 Å². The monoisotopic (exact) mass is 466 g/mol. The molecule has 2 heterocycles. The van der Waals surface area contributed by atoms with E-state index in [1.165, 1.54) is 0 Å². The summed E-state index contributed by atoms with van der Waals surface area (Å²) in [5.41, 5.74) is 4.98. The summed E-state index contributed by atoms with van der Waals surface area (Å²) in [6.45, 7) is 3.09. The number of hydrogen-bond acceptors (Lipinski definition) is 4. The third-order valence-electron chi connectivity index (χ3n) is 6.21. The lowest BCUT2D eigenvalue weighted by Crippen LogP contribution is -2.35. The van der Waals surface area contributed by atoms with E-state index in [0.717, 1.165) is 28.2 Å². The number of hydrogen-bond donors (Lipinski definition) is 1. The Morgan fingerprint density at radius 3 is 2.46 bits per heavy atom. The van der Waals surface area contributed by atoms with Crippen LogP contribution in [0, 0.1) is 6.92 Å². The fraction of sp³-hybridized carbons (Fsp3) is 0.172. The number of benzene rings is 3. The van der Waals surface area contributed by atoms with Crippen molar-refractivity contribution in [1.29, 1.82) is 0 Å². The van der Waals surface area contributed by atoms with Gasteiger partial charge >= 0.3 is 0 Å². The van der Waals surface area contributed by atoms with Gasteiger partial charge in [-0.25, -0.2) is 0 Å². The van der Waals surface area contributed by atoms with Crippen LogP contribution in [-0.4, -0.2) is 30.4 Å². The van der Waals surface area contributed by atoms with Crippen LogP contribution in [0.2, 0.25) is 0 Å². The Morgan fingerprint density at radius 2 is 1.71 bits per heavy atom. The van der Waals surface area contributed by atoms with Gasteiger partial charge in [0.2, 0.25) is 0 Å². The number of rotatable bonds is 5. The second kappa shape index (κ2) is 9.50. The van der Waals surface area contributed by atoms with Crippen LogP contribution in [0.15, 0.2) is 83.3 Å². The number of aryl methyl sites for hydroxylation is 1. The van der Waals surface area contributed by atoms with E-state index < -0.39 is 0 Å². The fourth-order valence-corrected chi connectivity index (χ4v) is 4.21. The molecule has 0 spiro atoms. The zero-order valence-corrected chi connectivity index (χ0v) is 19.7. The SMILES string of the molecule is COc1cccc(C(=O)N2CCc3oc(-c4ccc(NC(=O)c5ccc(C)cc5)cc4)cc3C2)c1. The van der Waals surface area contributed by atoms with Crippen LogP contribution >= 0.6 is 0 Å². The summed E-state index contributed by atoms with van der Waals surface area (Å²) in [6.07, 6.45) is 0.662. The number of anilines is 1. The predicted octanol–water partition coefficient (Wildman–Crippen LogP) is 5.71. The van der Waals surface area contributed by atoms with E-state index in [0.29, 0.717) is 42.1 Å². The molecule has 4 aromatic rings. The topological polar surface area (TPSA) is 71.8 Å². The highest BCUT2D eigenvalue weighted by Gasteiger charge is 2.25. The molecule has 176 valence electrons. The normalized spacial score (nSPS) is 12.7. The molecule has 0 aliphatic carbocycles. The van der Waals surface area contributed by atoms with Crippen molar-refractivity contribution in [2.24, 2.45) is 0 Å². The van der Waals surface area contributed by atoms with Crippen molar-refractivity contribution >= 4 is 17.5 Å². The van der Waals surface area contributed by atoms with E-state index in [9.17, 15) is 9.59 Å². The van der Waals surface area contributed by atoms with Crippen molar-refractivity contribution in [3.8, 4) is 17.1 Å². The molecule has 6 heteroatoms. The molecule has 0 saturated carbocycles. The van der Waals surface area contributed by atoms with Crippen molar-refractivity contribution in [3.63, 3.8) is 0 Å². The lowest BCUT2D eigenvalue weighted by molar-refractivity contribution is 0.0729. The molecule has 5 rings (SSSR count). The summed E-state index contributed by atoms with van der Waals surface area (Å²) < 4.78 is 11.4. The lowest BCUT2D eigenvalue weighted by Gasteiger charge is -2.26. The number of carbonyl (C=O) groups excluding carboxylic acids is 2. The standard InChI is InChI=1S/C29H26N2O4/c1-19-6-8-21(9-7-19)28(32)30-24-12-10-20(11-13-24)27-17-23-18-31(15-14-26(23)35-27)29(33)22-4-3-5-25(16-22)34-2/h3-13,16-17H,14-15,18H2,1-2H3,(H,30,32). The van der Waals surface area contributed by atoms with Crippen molar-refractivity contribution in [1.82, 2.24) is 4.90 Å². The number of amides is 2. The Hall–Kier alpha value is -4.32. The van der Waals surface area contributed by atoms with E-state index in [1.807, 2.05) is 78.6 Å². The maximum Gasteiger partial charge on any atom is 0.255 e. The van der Waals surface area contributed by atoms with Crippen LogP contribution in [0.4, 0.5) is 5.69 Å². The average Bonchev–Trinajstić information content (AvgIpc) is 3.32. The van der Waals surface area contributed by atoms with Crippen molar-refractivity contribution in [3.05, 3.63) is 107 Å². The van der Waals surface area contributed by atoms with Gasteiger partial charge in [-0.05, 0) is 67.6 Å². The molecule has 0 saturated heterocycles. The Balaban J connectivity index is 1.27. The molecule has 0 radical (unpaired) electrons. The highest BCUT2D eigenvalue weighted by Crippen LogP contribution is 2.31. The second-order valence-electron chi connectivity index (χ2n) is 8.67. The number of ether oxygens (including phenoxy) is 1. The fourth-order valence-electron chi connectivity index (χ4n) is 4.21. The Kier molecular flexibility index (Phi) is 6.10. The van der Waals surface area contributed by atoms with E-state index in [2.05, 4.69) is 5.32 Å². The molecule has 1 aliphatic rings. The van der Waals surface area contributed by atoms with Gasteiger partial charge in [-0.15, -0.1) is 0 Å². The minimum atomic E-state index is -0.146. The smallest absolute Gasteiger partial charge is 0.255 e. The molecular formula is C29H26N2O4. The van der Waals surface area contributed by atoms with Crippen LogP contribution in [0.1, 0.15) is 37.6 Å². The van der Waals surface area contributed by atoms with Gasteiger partial charge in [0.25, 0.3) is 11.8 Å². The van der Waals surface area contributed by atoms with Crippen molar-refractivity contribution < 1.29 is 18.7 Å². The van der Waals surface area contributed by atoms with Gasteiger partial charge in [-0.3, -0.25) is 9.59 Å². The number of fused-ring (bicyclic) bond motifs is 1. The molecule has 6 nitrogen and oxygen atoms in total. The summed E-state index contributed by atoms with van der Waals surface area (Å²) >= 11 is 0. The molecule has 1 aromatic heterocycles. The molecule has 2 amide bonds. The number of carbonyl (C=O) groups is 2. The number of methoxy groups -OCH3 is 1. The lowest BCUT2D eigenvalue weighted by atomic mass is 10.1. The summed E-state index contributed by atoms with van der Waals surface area (Å²) in [5, 5.41) is 2.92. The Labute approximate surface area is 204 Å².